The SMILES string of the molecule is CN=Cc1cccnc1C. The number of hydrogen-bond donors (Lipinski definition) is 0. The Hall–Kier alpha value is -1.18. The molecule has 0 saturated carbocycles. The zero-order valence-electron chi connectivity index (χ0n) is 6.20. The van der Waals surface area contributed by atoms with Crippen LogP contribution in [-0.2, 0) is 0 Å². The summed E-state index contributed by atoms with van der Waals surface area (Å²) in [5.74, 6) is 0. The van der Waals surface area contributed by atoms with Gasteiger partial charge in [0.2, 0.25) is 0 Å². The third-order valence-electron chi connectivity index (χ3n) is 1.32. The van der Waals surface area contributed by atoms with Gasteiger partial charge in [0.25, 0.3) is 0 Å². The van der Waals surface area contributed by atoms with E-state index in [0.29, 0.717) is 0 Å². The summed E-state index contributed by atoms with van der Waals surface area (Å²) in [5, 5.41) is 0. The molecule has 0 saturated heterocycles. The van der Waals surface area contributed by atoms with E-state index in [0.717, 1.165) is 11.3 Å². The monoisotopic (exact) mass is 134 g/mol. The van der Waals surface area contributed by atoms with E-state index in [-0.39, 0.29) is 0 Å². The Balaban J connectivity index is 3.03. The zero-order chi connectivity index (χ0) is 7.40. The highest BCUT2D eigenvalue weighted by atomic mass is 14.7. The van der Waals surface area contributed by atoms with Gasteiger partial charge in [-0.3, -0.25) is 9.98 Å². The molecule has 0 aromatic carbocycles. The number of aryl methyl sites for hydroxylation is 1. The van der Waals surface area contributed by atoms with Crippen molar-refractivity contribution in [3.8, 4) is 0 Å². The number of rotatable bonds is 1. The minimum Gasteiger partial charge on any atom is -0.296 e. The van der Waals surface area contributed by atoms with Crippen molar-refractivity contribution in [1.82, 2.24) is 4.98 Å². The average molecular weight is 134 g/mol. The molecule has 0 amide bonds. The first kappa shape index (κ1) is 6.93. The van der Waals surface area contributed by atoms with Crippen molar-refractivity contribution >= 4 is 6.21 Å². The van der Waals surface area contributed by atoms with E-state index in [1.165, 1.54) is 0 Å². The van der Waals surface area contributed by atoms with Gasteiger partial charge in [0.1, 0.15) is 0 Å². The summed E-state index contributed by atoms with van der Waals surface area (Å²) in [6, 6.07) is 3.90. The Morgan fingerprint density at radius 3 is 3.00 bits per heavy atom. The predicted octanol–water partition coefficient (Wildman–Crippen LogP) is 1.44. The molecule has 2 nitrogen and oxygen atoms in total. The molecule has 0 aliphatic carbocycles. The fourth-order valence-electron chi connectivity index (χ4n) is 0.772. The third kappa shape index (κ3) is 1.41. The number of hydrogen-bond acceptors (Lipinski definition) is 2. The number of nitrogens with zero attached hydrogens (tertiary/aromatic N) is 2. The zero-order valence-corrected chi connectivity index (χ0v) is 6.20. The third-order valence-corrected chi connectivity index (χ3v) is 1.32. The summed E-state index contributed by atoms with van der Waals surface area (Å²) in [6.07, 6.45) is 3.59. The molecule has 0 fully saturated rings. The molecule has 0 N–H and O–H groups in total. The van der Waals surface area contributed by atoms with Gasteiger partial charge in [-0.15, -0.1) is 0 Å². The normalized spacial score (nSPS) is 10.6. The maximum atomic E-state index is 4.11. The summed E-state index contributed by atoms with van der Waals surface area (Å²) in [5.41, 5.74) is 2.11. The topological polar surface area (TPSA) is 25.2 Å². The first-order chi connectivity index (χ1) is 4.84. The maximum Gasteiger partial charge on any atom is 0.0460 e. The fraction of sp³-hybridized carbons (Fsp3) is 0.250. The number of aliphatic imine (C=N–C) groups is 1. The molecule has 1 heterocycles. The van der Waals surface area contributed by atoms with Crippen molar-refractivity contribution in [3.05, 3.63) is 29.6 Å². The van der Waals surface area contributed by atoms with Gasteiger partial charge >= 0.3 is 0 Å². The average Bonchev–Trinajstić information content (AvgIpc) is 1.94. The van der Waals surface area contributed by atoms with Gasteiger partial charge in [0.15, 0.2) is 0 Å². The molecule has 2 heteroatoms. The Bertz CT molecular complexity index is 241. The summed E-state index contributed by atoms with van der Waals surface area (Å²) < 4.78 is 0. The maximum absolute atomic E-state index is 4.11. The van der Waals surface area contributed by atoms with Crippen LogP contribution in [0.1, 0.15) is 11.3 Å². The number of aromatic nitrogens is 1. The van der Waals surface area contributed by atoms with Crippen molar-refractivity contribution in [3.63, 3.8) is 0 Å². The quantitative estimate of drug-likeness (QED) is 0.533. The standard InChI is InChI=1S/C8H10N2/c1-7-8(6-9-2)4-3-5-10-7/h3-6H,1-2H3. The van der Waals surface area contributed by atoms with E-state index >= 15 is 0 Å². The van der Waals surface area contributed by atoms with Crippen molar-refractivity contribution < 1.29 is 0 Å². The molecule has 1 aromatic rings. The summed E-state index contributed by atoms with van der Waals surface area (Å²) in [6.45, 7) is 1.97. The molecule has 0 atom stereocenters. The molecule has 0 bridgehead atoms. The van der Waals surface area contributed by atoms with Crippen molar-refractivity contribution in [2.24, 2.45) is 4.99 Å². The molecule has 0 aliphatic rings. The lowest BCUT2D eigenvalue weighted by Crippen LogP contribution is -1.88. The Kier molecular flexibility index (Phi) is 2.15. The van der Waals surface area contributed by atoms with Crippen molar-refractivity contribution in [2.75, 3.05) is 7.05 Å². The van der Waals surface area contributed by atoms with Crippen LogP contribution in [0, 0.1) is 6.92 Å². The van der Waals surface area contributed by atoms with Crippen LogP contribution in [0.15, 0.2) is 23.3 Å². The van der Waals surface area contributed by atoms with Gasteiger partial charge in [-0.2, -0.15) is 0 Å². The molecule has 0 spiro atoms. The highest BCUT2D eigenvalue weighted by Crippen LogP contribution is 1.98. The van der Waals surface area contributed by atoms with Gasteiger partial charge in [-0.25, -0.2) is 0 Å². The van der Waals surface area contributed by atoms with Gasteiger partial charge in [-0.05, 0) is 13.0 Å². The molecular weight excluding hydrogens is 124 g/mol. The van der Waals surface area contributed by atoms with E-state index in [9.17, 15) is 0 Å². The Morgan fingerprint density at radius 2 is 2.40 bits per heavy atom. The molecule has 1 aromatic heterocycles. The summed E-state index contributed by atoms with van der Waals surface area (Å²) in [7, 11) is 1.76. The Morgan fingerprint density at radius 1 is 1.60 bits per heavy atom. The second-order valence-corrected chi connectivity index (χ2v) is 2.07. The first-order valence-corrected chi connectivity index (χ1v) is 3.18. The van der Waals surface area contributed by atoms with E-state index in [1.54, 1.807) is 13.2 Å². The van der Waals surface area contributed by atoms with E-state index in [2.05, 4.69) is 9.98 Å². The molecule has 52 valence electrons. The Labute approximate surface area is 60.6 Å². The molecule has 1 rings (SSSR count). The summed E-state index contributed by atoms with van der Waals surface area (Å²) in [4.78, 5) is 8.01. The van der Waals surface area contributed by atoms with Crippen LogP contribution in [0.2, 0.25) is 0 Å². The van der Waals surface area contributed by atoms with Crippen LogP contribution in [0.4, 0.5) is 0 Å². The lowest BCUT2D eigenvalue weighted by atomic mass is 10.2. The van der Waals surface area contributed by atoms with Crippen LogP contribution in [0.5, 0.6) is 0 Å². The number of pyridine rings is 1. The van der Waals surface area contributed by atoms with Crippen molar-refractivity contribution in [1.29, 1.82) is 0 Å². The van der Waals surface area contributed by atoms with E-state index in [4.69, 9.17) is 0 Å². The van der Waals surface area contributed by atoms with Gasteiger partial charge < -0.3 is 0 Å². The molecular formula is C8H10N2. The van der Waals surface area contributed by atoms with E-state index < -0.39 is 0 Å². The highest BCUT2D eigenvalue weighted by molar-refractivity contribution is 5.80. The van der Waals surface area contributed by atoms with Gasteiger partial charge in [0.05, 0.1) is 0 Å². The van der Waals surface area contributed by atoms with Gasteiger partial charge in [0, 0.05) is 30.7 Å². The van der Waals surface area contributed by atoms with Crippen LogP contribution >= 0.6 is 0 Å². The lowest BCUT2D eigenvalue weighted by Gasteiger charge is -1.94. The summed E-state index contributed by atoms with van der Waals surface area (Å²) >= 11 is 0. The molecule has 0 unspecified atom stereocenters. The second-order valence-electron chi connectivity index (χ2n) is 2.07. The van der Waals surface area contributed by atoms with Crippen molar-refractivity contribution in [2.45, 2.75) is 6.92 Å². The van der Waals surface area contributed by atoms with Crippen LogP contribution in [0.25, 0.3) is 0 Å². The van der Waals surface area contributed by atoms with Crippen LogP contribution in [-0.4, -0.2) is 18.2 Å². The largest absolute Gasteiger partial charge is 0.296 e. The van der Waals surface area contributed by atoms with Crippen LogP contribution in [0.3, 0.4) is 0 Å². The van der Waals surface area contributed by atoms with Crippen LogP contribution < -0.4 is 0 Å². The fourth-order valence-corrected chi connectivity index (χ4v) is 0.772. The molecule has 0 aliphatic heterocycles. The molecule has 0 radical (unpaired) electrons. The minimum atomic E-state index is 1.02. The highest BCUT2D eigenvalue weighted by Gasteiger charge is 1.90. The minimum absolute atomic E-state index is 1.02. The lowest BCUT2D eigenvalue weighted by molar-refractivity contribution is 1.19. The van der Waals surface area contributed by atoms with E-state index in [1.807, 2.05) is 25.3 Å². The van der Waals surface area contributed by atoms with Gasteiger partial charge in [-0.1, -0.05) is 6.07 Å². The first-order valence-electron chi connectivity index (χ1n) is 3.18. The molecule has 10 heavy (non-hydrogen) atoms. The predicted molar refractivity (Wildman–Crippen MR) is 42.5 cm³/mol. The second kappa shape index (κ2) is 3.11. The smallest absolute Gasteiger partial charge is 0.0460 e.